The number of rotatable bonds is 2. The lowest BCUT2D eigenvalue weighted by molar-refractivity contribution is 0.101. The van der Waals surface area contributed by atoms with Gasteiger partial charge in [-0.15, -0.1) is 0 Å². The van der Waals surface area contributed by atoms with Crippen LogP contribution in [0.5, 0.6) is 0 Å². The third kappa shape index (κ3) is 2.34. The second-order valence-corrected chi connectivity index (χ2v) is 3.72. The first-order valence-electron chi connectivity index (χ1n) is 3.30. The lowest BCUT2D eigenvalue weighted by Gasteiger charge is -2.02. The van der Waals surface area contributed by atoms with Gasteiger partial charge >= 0.3 is 0 Å². The average molecular weight is 314 g/mol. The summed E-state index contributed by atoms with van der Waals surface area (Å²) in [6, 6.07) is 1.74. The van der Waals surface area contributed by atoms with Gasteiger partial charge in [0, 0.05) is 10.5 Å². The molecule has 0 bridgehead atoms. The Labute approximate surface area is 90.4 Å². The molecule has 0 fully saturated rings. The monoisotopic (exact) mass is 312 g/mol. The van der Waals surface area contributed by atoms with Gasteiger partial charge in [-0.3, -0.25) is 4.79 Å². The highest BCUT2D eigenvalue weighted by Gasteiger charge is 2.15. The van der Waals surface area contributed by atoms with Crippen molar-refractivity contribution in [2.75, 3.05) is 5.33 Å². The first-order chi connectivity index (χ1) is 6.06. The molecule has 1 nitrogen and oxygen atoms in total. The number of hydrogen-bond acceptors (Lipinski definition) is 1. The van der Waals surface area contributed by atoms with Crippen molar-refractivity contribution in [2.45, 2.75) is 0 Å². The second kappa shape index (κ2) is 4.28. The maximum absolute atomic E-state index is 13.0. The quantitative estimate of drug-likeness (QED) is 0.605. The zero-order valence-electron chi connectivity index (χ0n) is 6.28. The highest BCUT2D eigenvalue weighted by Crippen LogP contribution is 2.22. The molecule has 1 aromatic carbocycles. The number of halogens is 4. The van der Waals surface area contributed by atoms with Crippen LogP contribution in [0.1, 0.15) is 10.4 Å². The van der Waals surface area contributed by atoms with Crippen LogP contribution in [0.4, 0.5) is 8.78 Å². The molecule has 0 N–H and O–H groups in total. The van der Waals surface area contributed by atoms with Gasteiger partial charge in [-0.25, -0.2) is 8.78 Å². The summed E-state index contributed by atoms with van der Waals surface area (Å²) in [5, 5.41) is 0.00809. The highest BCUT2D eigenvalue weighted by atomic mass is 79.9. The zero-order chi connectivity index (χ0) is 10.0. The van der Waals surface area contributed by atoms with Crippen molar-refractivity contribution in [3.8, 4) is 0 Å². The molecule has 0 saturated heterocycles. The molecule has 1 aromatic rings. The smallest absolute Gasteiger partial charge is 0.177 e. The highest BCUT2D eigenvalue weighted by molar-refractivity contribution is 9.10. The minimum absolute atomic E-state index is 0.00809. The predicted molar refractivity (Wildman–Crippen MR) is 52.2 cm³/mol. The van der Waals surface area contributed by atoms with Gasteiger partial charge in [0.15, 0.2) is 5.78 Å². The van der Waals surface area contributed by atoms with E-state index in [1.54, 1.807) is 0 Å². The fourth-order valence-corrected chi connectivity index (χ4v) is 1.78. The third-order valence-corrected chi connectivity index (χ3v) is 2.54. The van der Waals surface area contributed by atoms with Crippen LogP contribution in [0.2, 0.25) is 0 Å². The molecule has 1 rings (SSSR count). The van der Waals surface area contributed by atoms with Crippen molar-refractivity contribution in [2.24, 2.45) is 0 Å². The predicted octanol–water partition coefficient (Wildman–Crippen LogP) is 3.30. The van der Waals surface area contributed by atoms with E-state index in [0.717, 1.165) is 6.07 Å². The molecular formula is C8H4Br2F2O. The summed E-state index contributed by atoms with van der Waals surface area (Å²) in [6.45, 7) is 0. The molecule has 0 aliphatic rings. The van der Waals surface area contributed by atoms with E-state index in [-0.39, 0.29) is 15.4 Å². The van der Waals surface area contributed by atoms with Crippen LogP contribution < -0.4 is 0 Å². The number of alkyl halides is 1. The van der Waals surface area contributed by atoms with Crippen LogP contribution >= 0.6 is 31.9 Å². The lowest BCUT2D eigenvalue weighted by atomic mass is 10.1. The molecular weight excluding hydrogens is 310 g/mol. The Morgan fingerprint density at radius 2 is 2.00 bits per heavy atom. The van der Waals surface area contributed by atoms with Crippen LogP contribution in [-0.4, -0.2) is 11.1 Å². The van der Waals surface area contributed by atoms with E-state index in [1.807, 2.05) is 0 Å². The maximum atomic E-state index is 13.0. The molecule has 0 unspecified atom stereocenters. The van der Waals surface area contributed by atoms with E-state index in [1.165, 1.54) is 0 Å². The van der Waals surface area contributed by atoms with Crippen LogP contribution in [-0.2, 0) is 0 Å². The normalized spacial score (nSPS) is 10.2. The molecule has 13 heavy (non-hydrogen) atoms. The largest absolute Gasteiger partial charge is 0.293 e. The summed E-state index contributed by atoms with van der Waals surface area (Å²) >= 11 is 5.83. The van der Waals surface area contributed by atoms with E-state index in [9.17, 15) is 13.6 Å². The molecule has 0 atom stereocenters. The molecule has 0 saturated carbocycles. The Balaban J connectivity index is 3.28. The van der Waals surface area contributed by atoms with E-state index in [2.05, 4.69) is 31.9 Å². The van der Waals surface area contributed by atoms with Crippen LogP contribution in [0.25, 0.3) is 0 Å². The van der Waals surface area contributed by atoms with Gasteiger partial charge in [-0.2, -0.15) is 0 Å². The van der Waals surface area contributed by atoms with E-state index in [0.29, 0.717) is 6.07 Å². The average Bonchev–Trinajstić information content (AvgIpc) is 2.02. The number of ketones is 1. The van der Waals surface area contributed by atoms with E-state index in [4.69, 9.17) is 0 Å². The van der Waals surface area contributed by atoms with E-state index >= 15 is 0 Å². The van der Waals surface area contributed by atoms with Crippen LogP contribution in [0.3, 0.4) is 0 Å². The molecule has 0 spiro atoms. The Morgan fingerprint density at radius 3 is 2.46 bits per heavy atom. The van der Waals surface area contributed by atoms with Gasteiger partial charge in [0.25, 0.3) is 0 Å². The van der Waals surface area contributed by atoms with Gasteiger partial charge < -0.3 is 0 Å². The van der Waals surface area contributed by atoms with Crippen molar-refractivity contribution < 1.29 is 13.6 Å². The lowest BCUT2D eigenvalue weighted by Crippen LogP contribution is -2.05. The Morgan fingerprint density at radius 1 is 1.38 bits per heavy atom. The number of hydrogen-bond donors (Lipinski definition) is 0. The fraction of sp³-hybridized carbons (Fsp3) is 0.125. The fourth-order valence-electron chi connectivity index (χ4n) is 0.875. The van der Waals surface area contributed by atoms with Crippen molar-refractivity contribution >= 4 is 37.6 Å². The summed E-state index contributed by atoms with van der Waals surface area (Å²) in [5.74, 6) is -1.99. The maximum Gasteiger partial charge on any atom is 0.177 e. The first kappa shape index (κ1) is 10.8. The minimum atomic E-state index is -0.851. The van der Waals surface area contributed by atoms with Gasteiger partial charge in [0.2, 0.25) is 0 Å². The van der Waals surface area contributed by atoms with Gasteiger partial charge in [0.05, 0.1) is 10.9 Å². The van der Waals surface area contributed by atoms with Gasteiger partial charge in [-0.05, 0) is 22.0 Å². The third-order valence-electron chi connectivity index (χ3n) is 1.41. The number of benzene rings is 1. The molecule has 0 aromatic heterocycles. The Kier molecular flexibility index (Phi) is 3.55. The minimum Gasteiger partial charge on any atom is -0.293 e. The standard InChI is InChI=1S/C8H4Br2F2O/c9-3-7(13)8-5(10)1-4(11)2-6(8)12/h1-2H,3H2. The van der Waals surface area contributed by atoms with Gasteiger partial charge in [-0.1, -0.05) is 15.9 Å². The number of carbonyl (C=O) groups is 1. The molecule has 0 aliphatic carbocycles. The van der Waals surface area contributed by atoms with Crippen LogP contribution in [0, 0.1) is 11.6 Å². The molecule has 0 aliphatic heterocycles. The van der Waals surface area contributed by atoms with E-state index < -0.39 is 17.4 Å². The van der Waals surface area contributed by atoms with Gasteiger partial charge in [0.1, 0.15) is 11.6 Å². The molecule has 0 amide bonds. The van der Waals surface area contributed by atoms with Crippen molar-refractivity contribution in [1.29, 1.82) is 0 Å². The number of carbonyl (C=O) groups excluding carboxylic acids is 1. The second-order valence-electron chi connectivity index (χ2n) is 2.30. The molecule has 0 heterocycles. The summed E-state index contributed by atoms with van der Waals surface area (Å²) in [6.07, 6.45) is 0. The van der Waals surface area contributed by atoms with Crippen molar-refractivity contribution in [3.05, 3.63) is 33.8 Å². The summed E-state index contributed by atoms with van der Waals surface area (Å²) in [7, 11) is 0. The first-order valence-corrected chi connectivity index (χ1v) is 5.21. The molecule has 70 valence electrons. The molecule has 0 radical (unpaired) electrons. The number of Topliss-reactive ketones (excluding diaryl/α,β-unsaturated/α-hetero) is 1. The summed E-state index contributed by atoms with van der Waals surface area (Å²) in [4.78, 5) is 11.1. The summed E-state index contributed by atoms with van der Waals surface area (Å²) in [5.41, 5.74) is -0.127. The topological polar surface area (TPSA) is 17.1 Å². The Hall–Kier alpha value is -0.290. The SMILES string of the molecule is O=C(CBr)c1c(F)cc(F)cc1Br. The molecule has 5 heteroatoms. The van der Waals surface area contributed by atoms with Crippen molar-refractivity contribution in [3.63, 3.8) is 0 Å². The van der Waals surface area contributed by atoms with Crippen molar-refractivity contribution in [1.82, 2.24) is 0 Å². The van der Waals surface area contributed by atoms with Crippen LogP contribution in [0.15, 0.2) is 16.6 Å². The Bertz CT molecular complexity index is 329. The summed E-state index contributed by atoms with van der Waals surface area (Å²) < 4.78 is 25.8. The zero-order valence-corrected chi connectivity index (χ0v) is 9.45.